The van der Waals surface area contributed by atoms with Crippen molar-refractivity contribution in [2.75, 3.05) is 0 Å². The maximum absolute atomic E-state index is 13.6. The number of fused-ring (bicyclic) bond motifs is 8. The highest BCUT2D eigenvalue weighted by Gasteiger charge is 2.26. The van der Waals surface area contributed by atoms with Crippen molar-refractivity contribution in [2.24, 2.45) is 0 Å². The average Bonchev–Trinajstić information content (AvgIpc) is 3.42. The number of hydrogen-bond acceptors (Lipinski definition) is 5. The van der Waals surface area contributed by atoms with Crippen LogP contribution in [-0.4, -0.2) is 31.9 Å². The van der Waals surface area contributed by atoms with Gasteiger partial charge >= 0.3 is 0 Å². The van der Waals surface area contributed by atoms with E-state index < -0.39 is 10.1 Å². The fraction of sp³-hybridized carbons (Fsp3) is 0.0385. The van der Waals surface area contributed by atoms with Crippen LogP contribution in [0.25, 0.3) is 60.6 Å². The molecule has 8 rings (SSSR count). The second kappa shape index (κ2) is 6.01. The zero-order valence-corrected chi connectivity index (χ0v) is 18.7. The summed E-state index contributed by atoms with van der Waals surface area (Å²) in [4.78, 5) is 23.0. The summed E-state index contributed by atoms with van der Waals surface area (Å²) in [6.07, 6.45) is 0. The Morgan fingerprint density at radius 2 is 1.66 bits per heavy atom. The van der Waals surface area contributed by atoms with Gasteiger partial charge in [0.05, 0.1) is 33.5 Å². The van der Waals surface area contributed by atoms with Gasteiger partial charge < -0.3 is 4.57 Å². The topological polar surface area (TPSA) is 107 Å². The van der Waals surface area contributed by atoms with Gasteiger partial charge in [0, 0.05) is 21.7 Å². The molecular formula is C26H14N4O4S. The maximum Gasteiger partial charge on any atom is 0.294 e. The van der Waals surface area contributed by atoms with E-state index in [9.17, 15) is 17.8 Å². The van der Waals surface area contributed by atoms with E-state index in [1.165, 1.54) is 12.1 Å². The first-order valence-corrected chi connectivity index (χ1v) is 12.4. The molecule has 0 aliphatic carbocycles. The highest BCUT2D eigenvalue weighted by Crippen LogP contribution is 2.42. The Balaban J connectivity index is 1.52. The fourth-order valence-corrected chi connectivity index (χ4v) is 6.09. The van der Waals surface area contributed by atoms with Crippen molar-refractivity contribution < 1.29 is 13.0 Å². The van der Waals surface area contributed by atoms with Crippen LogP contribution in [0.3, 0.4) is 0 Å². The van der Waals surface area contributed by atoms with Crippen LogP contribution in [0.4, 0.5) is 0 Å². The molecular weight excluding hydrogens is 464 g/mol. The van der Waals surface area contributed by atoms with Gasteiger partial charge in [0.2, 0.25) is 0 Å². The van der Waals surface area contributed by atoms with E-state index in [1.807, 2.05) is 47.0 Å². The summed E-state index contributed by atoms with van der Waals surface area (Å²) < 4.78 is 36.5. The third kappa shape index (κ3) is 2.28. The van der Waals surface area contributed by atoms with E-state index in [2.05, 4.69) is 6.07 Å². The largest absolute Gasteiger partial charge is 0.319 e. The molecule has 1 aliphatic rings. The number of pyridine rings is 1. The third-order valence-electron chi connectivity index (χ3n) is 7.07. The van der Waals surface area contributed by atoms with Gasteiger partial charge in [-0.25, -0.2) is 9.97 Å². The van der Waals surface area contributed by atoms with Gasteiger partial charge in [0.1, 0.15) is 11.5 Å². The predicted molar refractivity (Wildman–Crippen MR) is 133 cm³/mol. The first-order chi connectivity index (χ1) is 16.9. The first-order valence-electron chi connectivity index (χ1n) is 11.0. The Labute approximate surface area is 196 Å². The summed E-state index contributed by atoms with van der Waals surface area (Å²) in [6, 6.07) is 19.9. The molecule has 4 heterocycles. The molecule has 1 N–H and O–H groups in total. The number of benzene rings is 4. The molecule has 8 nitrogen and oxygen atoms in total. The second-order valence-corrected chi connectivity index (χ2v) is 10.3. The minimum Gasteiger partial charge on any atom is -0.319 e. The average molecular weight is 478 g/mol. The van der Waals surface area contributed by atoms with E-state index in [0.29, 0.717) is 28.9 Å². The Hall–Kier alpha value is -4.34. The molecule has 0 unspecified atom stereocenters. The number of para-hydroxylation sites is 2. The summed E-state index contributed by atoms with van der Waals surface area (Å²) in [5.74, 6) is 0.690. The molecule has 0 radical (unpaired) electrons. The summed E-state index contributed by atoms with van der Waals surface area (Å²) >= 11 is 0. The lowest BCUT2D eigenvalue weighted by Crippen LogP contribution is -2.15. The normalized spacial score (nSPS) is 13.5. The van der Waals surface area contributed by atoms with E-state index in [0.717, 1.165) is 43.8 Å². The molecule has 35 heavy (non-hydrogen) atoms. The van der Waals surface area contributed by atoms with Crippen LogP contribution < -0.4 is 5.56 Å². The van der Waals surface area contributed by atoms with Gasteiger partial charge in [-0.3, -0.25) is 13.7 Å². The number of nitrogens with zero attached hydrogens (tertiary/aromatic N) is 4. The van der Waals surface area contributed by atoms with E-state index in [-0.39, 0.29) is 10.5 Å². The minimum atomic E-state index is -4.34. The van der Waals surface area contributed by atoms with Crippen LogP contribution in [0.5, 0.6) is 0 Å². The number of imidazole rings is 2. The van der Waals surface area contributed by atoms with Crippen molar-refractivity contribution in [1.82, 2.24) is 18.9 Å². The van der Waals surface area contributed by atoms with Gasteiger partial charge in [-0.2, -0.15) is 8.42 Å². The Kier molecular flexibility index (Phi) is 3.27. The van der Waals surface area contributed by atoms with Crippen molar-refractivity contribution in [1.29, 1.82) is 0 Å². The number of aromatic nitrogens is 4. The molecule has 9 heteroatoms. The van der Waals surface area contributed by atoms with Crippen LogP contribution in [0.15, 0.2) is 76.4 Å². The van der Waals surface area contributed by atoms with Crippen LogP contribution in [0.2, 0.25) is 0 Å². The Morgan fingerprint density at radius 3 is 2.51 bits per heavy atom. The second-order valence-electron chi connectivity index (χ2n) is 8.89. The monoisotopic (exact) mass is 478 g/mol. The number of hydrogen-bond donors (Lipinski definition) is 1. The molecule has 7 aromatic rings. The minimum absolute atomic E-state index is 0.109. The van der Waals surface area contributed by atoms with Gasteiger partial charge in [0.15, 0.2) is 0 Å². The van der Waals surface area contributed by atoms with Crippen molar-refractivity contribution in [3.63, 3.8) is 0 Å². The lowest BCUT2D eigenvalue weighted by Gasteiger charge is -2.21. The number of rotatable bonds is 1. The maximum atomic E-state index is 13.6. The summed E-state index contributed by atoms with van der Waals surface area (Å²) in [7, 11) is -4.34. The molecule has 4 aromatic carbocycles. The molecule has 0 spiro atoms. The van der Waals surface area contributed by atoms with Crippen molar-refractivity contribution in [3.8, 4) is 11.4 Å². The molecule has 168 valence electrons. The quantitative estimate of drug-likeness (QED) is 0.354. The first kappa shape index (κ1) is 19.0. The van der Waals surface area contributed by atoms with Gasteiger partial charge in [-0.05, 0) is 53.4 Å². The van der Waals surface area contributed by atoms with E-state index >= 15 is 0 Å². The van der Waals surface area contributed by atoms with Crippen LogP contribution >= 0.6 is 0 Å². The molecule has 3 aromatic heterocycles. The van der Waals surface area contributed by atoms with E-state index in [1.54, 1.807) is 10.5 Å². The lowest BCUT2D eigenvalue weighted by molar-refractivity contribution is 0.483. The van der Waals surface area contributed by atoms with Crippen molar-refractivity contribution in [2.45, 2.75) is 11.4 Å². The molecule has 0 saturated heterocycles. The van der Waals surface area contributed by atoms with Crippen LogP contribution in [0.1, 0.15) is 5.56 Å². The smallest absolute Gasteiger partial charge is 0.294 e. The summed E-state index contributed by atoms with van der Waals surface area (Å²) in [5, 5.41) is 3.35. The standard InChI is InChI=1S/C26H14N4O4S/c31-26-17-9-8-15-22-13(12-29-20-10-6-14(35(32,33)34)11-19(20)28-24(15)29)5-7-16(23(17)22)25-27-18-3-1-2-4-21(18)30(25)26/h1-11H,12H2,(H,32,33,34). The summed E-state index contributed by atoms with van der Waals surface area (Å²) in [6.45, 7) is 0.523. The van der Waals surface area contributed by atoms with Gasteiger partial charge in [0.25, 0.3) is 15.7 Å². The van der Waals surface area contributed by atoms with Crippen LogP contribution in [-0.2, 0) is 16.7 Å². The van der Waals surface area contributed by atoms with Gasteiger partial charge in [-0.1, -0.05) is 24.3 Å². The molecule has 0 amide bonds. The molecule has 0 fully saturated rings. The molecule has 0 bridgehead atoms. The van der Waals surface area contributed by atoms with Crippen LogP contribution in [0, 0.1) is 0 Å². The zero-order valence-electron chi connectivity index (χ0n) is 17.9. The SMILES string of the molecule is O=c1c2ccc3c4c(ccc(c42)c2nc4ccccc4n12)Cn1c-3nc2cc(S(=O)(=O)O)ccc21. The summed E-state index contributed by atoms with van der Waals surface area (Å²) in [5.41, 5.74) is 5.23. The van der Waals surface area contributed by atoms with Crippen molar-refractivity contribution >= 4 is 59.4 Å². The highest BCUT2D eigenvalue weighted by atomic mass is 32.2. The Bertz CT molecular complexity index is 2250. The Morgan fingerprint density at radius 1 is 0.829 bits per heavy atom. The third-order valence-corrected chi connectivity index (χ3v) is 7.92. The van der Waals surface area contributed by atoms with Crippen molar-refractivity contribution in [3.05, 3.63) is 82.6 Å². The molecule has 1 aliphatic heterocycles. The van der Waals surface area contributed by atoms with E-state index in [4.69, 9.17) is 9.97 Å². The predicted octanol–water partition coefficient (Wildman–Crippen LogP) is 4.22. The molecule has 0 atom stereocenters. The zero-order chi connectivity index (χ0) is 23.6. The lowest BCUT2D eigenvalue weighted by atomic mass is 9.91. The van der Waals surface area contributed by atoms with Gasteiger partial charge in [-0.15, -0.1) is 0 Å². The highest BCUT2D eigenvalue weighted by molar-refractivity contribution is 7.85. The molecule has 0 saturated carbocycles. The fourth-order valence-electron chi connectivity index (χ4n) is 5.59.